The van der Waals surface area contributed by atoms with Gasteiger partial charge in [0, 0.05) is 30.3 Å². The molecule has 2 aromatic carbocycles. The molecule has 2 rings (SSSR count). The molecule has 0 aliphatic carbocycles. The van der Waals surface area contributed by atoms with Gasteiger partial charge in [0.1, 0.15) is 10.6 Å². The number of sulfonamides is 1. The van der Waals surface area contributed by atoms with Gasteiger partial charge in [0.05, 0.1) is 7.11 Å². The van der Waals surface area contributed by atoms with E-state index in [0.29, 0.717) is 23.2 Å². The zero-order valence-corrected chi connectivity index (χ0v) is 16.1. The third kappa shape index (κ3) is 4.96. The molecule has 0 radical (unpaired) electrons. The Hall–Kier alpha value is -1.57. The predicted octanol–water partition coefficient (Wildman–Crippen LogP) is 3.26. The number of benzene rings is 2. The summed E-state index contributed by atoms with van der Waals surface area (Å²) < 4.78 is 33.4. The summed E-state index contributed by atoms with van der Waals surface area (Å²) in [4.78, 5) is 2.23. The van der Waals surface area contributed by atoms with Gasteiger partial charge in [-0.25, -0.2) is 13.1 Å². The lowest BCUT2D eigenvalue weighted by Gasteiger charge is -2.19. The Kier molecular flexibility index (Phi) is 6.65. The molecule has 0 fully saturated rings. The third-order valence-electron chi connectivity index (χ3n) is 3.57. The quantitative estimate of drug-likeness (QED) is 0.675. The molecule has 0 atom stereocenters. The number of hydrogen-bond acceptors (Lipinski definition) is 4. The molecular formula is C17H21BrN2O3S. The zero-order valence-electron chi connectivity index (χ0n) is 13.7. The predicted molar refractivity (Wildman–Crippen MR) is 100 cm³/mol. The van der Waals surface area contributed by atoms with Gasteiger partial charge < -0.3 is 9.64 Å². The Morgan fingerprint density at radius 2 is 1.88 bits per heavy atom. The first-order chi connectivity index (χ1) is 11.4. The molecule has 0 aliphatic rings. The van der Waals surface area contributed by atoms with Gasteiger partial charge in [-0.3, -0.25) is 0 Å². The minimum Gasteiger partial charge on any atom is -0.495 e. The maximum absolute atomic E-state index is 12.5. The third-order valence-corrected chi connectivity index (χ3v) is 5.55. The van der Waals surface area contributed by atoms with E-state index in [-0.39, 0.29) is 4.90 Å². The van der Waals surface area contributed by atoms with Crippen LogP contribution in [-0.2, 0) is 10.0 Å². The minimum absolute atomic E-state index is 0.135. The number of nitrogens with zero attached hydrogens (tertiary/aromatic N) is 1. The molecule has 0 heterocycles. The number of anilines is 1. The Labute approximate surface area is 151 Å². The van der Waals surface area contributed by atoms with Crippen LogP contribution in [0.15, 0.2) is 57.9 Å². The van der Waals surface area contributed by atoms with Gasteiger partial charge >= 0.3 is 0 Å². The van der Waals surface area contributed by atoms with Crippen molar-refractivity contribution >= 4 is 31.6 Å². The molecule has 7 heteroatoms. The number of para-hydroxylation sites is 1. The van der Waals surface area contributed by atoms with Crippen molar-refractivity contribution < 1.29 is 13.2 Å². The Bertz CT molecular complexity index is 767. The maximum Gasteiger partial charge on any atom is 0.244 e. The number of hydrogen-bond donors (Lipinski definition) is 1. The molecule has 0 aromatic heterocycles. The summed E-state index contributed by atoms with van der Waals surface area (Å²) in [6.45, 7) is 1.11. The number of nitrogens with one attached hydrogen (secondary N) is 1. The molecule has 5 nitrogen and oxygen atoms in total. The highest BCUT2D eigenvalue weighted by molar-refractivity contribution is 9.10. The van der Waals surface area contributed by atoms with Crippen LogP contribution in [0.4, 0.5) is 5.69 Å². The van der Waals surface area contributed by atoms with Gasteiger partial charge in [-0.05, 0) is 36.8 Å². The summed E-state index contributed by atoms with van der Waals surface area (Å²) in [7, 11) is -0.169. The average Bonchev–Trinajstić information content (AvgIpc) is 2.59. The summed E-state index contributed by atoms with van der Waals surface area (Å²) in [6.07, 6.45) is 0.695. The normalized spacial score (nSPS) is 11.3. The van der Waals surface area contributed by atoms with Crippen LogP contribution >= 0.6 is 15.9 Å². The van der Waals surface area contributed by atoms with Crippen LogP contribution in [0.5, 0.6) is 5.75 Å². The van der Waals surface area contributed by atoms with Crippen LogP contribution in [0.3, 0.4) is 0 Å². The largest absolute Gasteiger partial charge is 0.495 e. The summed E-state index contributed by atoms with van der Waals surface area (Å²) in [6, 6.07) is 14.9. The fraction of sp³-hybridized carbons (Fsp3) is 0.294. The molecular weight excluding hydrogens is 392 g/mol. The topological polar surface area (TPSA) is 58.6 Å². The van der Waals surface area contributed by atoms with Crippen LogP contribution in [0, 0.1) is 0 Å². The summed E-state index contributed by atoms with van der Waals surface area (Å²) in [5.74, 6) is 0.326. The van der Waals surface area contributed by atoms with Gasteiger partial charge in [-0.1, -0.05) is 34.1 Å². The molecule has 0 saturated heterocycles. The first-order valence-corrected chi connectivity index (χ1v) is 9.81. The second kappa shape index (κ2) is 8.50. The molecule has 130 valence electrons. The van der Waals surface area contributed by atoms with Gasteiger partial charge in [0.2, 0.25) is 10.0 Å². The molecule has 0 saturated carbocycles. The van der Waals surface area contributed by atoms with Gasteiger partial charge in [-0.15, -0.1) is 0 Å². The molecule has 2 aromatic rings. The van der Waals surface area contributed by atoms with E-state index in [1.54, 1.807) is 12.1 Å². The van der Waals surface area contributed by atoms with E-state index in [1.165, 1.54) is 13.2 Å². The SMILES string of the molecule is COc1ccc(Br)cc1S(=O)(=O)NCCCN(C)c1ccccc1. The summed E-state index contributed by atoms with van der Waals surface area (Å²) >= 11 is 3.29. The lowest BCUT2D eigenvalue weighted by Crippen LogP contribution is -2.28. The highest BCUT2D eigenvalue weighted by Gasteiger charge is 2.19. The Morgan fingerprint density at radius 1 is 1.17 bits per heavy atom. The lowest BCUT2D eigenvalue weighted by atomic mass is 10.3. The van der Waals surface area contributed by atoms with Crippen LogP contribution < -0.4 is 14.4 Å². The highest BCUT2D eigenvalue weighted by Crippen LogP contribution is 2.27. The number of rotatable bonds is 8. The van der Waals surface area contributed by atoms with Crippen molar-refractivity contribution in [2.45, 2.75) is 11.3 Å². The smallest absolute Gasteiger partial charge is 0.244 e. The van der Waals surface area contributed by atoms with Crippen LogP contribution in [0.25, 0.3) is 0 Å². The molecule has 0 unspecified atom stereocenters. The number of methoxy groups -OCH3 is 1. The lowest BCUT2D eigenvalue weighted by molar-refractivity contribution is 0.402. The van der Waals surface area contributed by atoms with Gasteiger partial charge in [-0.2, -0.15) is 0 Å². The van der Waals surface area contributed by atoms with Crippen molar-refractivity contribution in [1.29, 1.82) is 0 Å². The van der Waals surface area contributed by atoms with E-state index in [1.807, 2.05) is 37.4 Å². The van der Waals surface area contributed by atoms with Crippen LogP contribution in [-0.4, -0.2) is 35.7 Å². The van der Waals surface area contributed by atoms with Crippen molar-refractivity contribution in [3.63, 3.8) is 0 Å². The van der Waals surface area contributed by atoms with E-state index in [4.69, 9.17) is 4.74 Å². The van der Waals surface area contributed by atoms with Gasteiger partial charge in [0.15, 0.2) is 0 Å². The fourth-order valence-corrected chi connectivity index (χ4v) is 4.05. The van der Waals surface area contributed by atoms with Crippen molar-refractivity contribution in [2.75, 3.05) is 32.1 Å². The van der Waals surface area contributed by atoms with E-state index < -0.39 is 10.0 Å². The highest BCUT2D eigenvalue weighted by atomic mass is 79.9. The van der Waals surface area contributed by atoms with Crippen LogP contribution in [0.1, 0.15) is 6.42 Å². The maximum atomic E-state index is 12.5. The van der Waals surface area contributed by atoms with E-state index in [0.717, 1.165) is 12.2 Å². The van der Waals surface area contributed by atoms with Crippen LogP contribution in [0.2, 0.25) is 0 Å². The first kappa shape index (κ1) is 18.8. The Morgan fingerprint density at radius 3 is 2.54 bits per heavy atom. The molecule has 1 N–H and O–H groups in total. The molecule has 0 aliphatic heterocycles. The standard InChI is InChI=1S/C17H21BrN2O3S/c1-20(15-7-4-3-5-8-15)12-6-11-19-24(21,22)17-13-14(18)9-10-16(17)23-2/h3-5,7-10,13,19H,6,11-12H2,1-2H3. The number of ether oxygens (including phenoxy) is 1. The average molecular weight is 413 g/mol. The molecule has 0 bridgehead atoms. The van der Waals surface area contributed by atoms with E-state index >= 15 is 0 Å². The monoisotopic (exact) mass is 412 g/mol. The fourth-order valence-electron chi connectivity index (χ4n) is 2.27. The number of halogens is 1. The van der Waals surface area contributed by atoms with Crippen molar-refractivity contribution in [3.8, 4) is 5.75 Å². The van der Waals surface area contributed by atoms with E-state index in [2.05, 4.69) is 25.6 Å². The zero-order chi connectivity index (χ0) is 17.6. The second-order valence-electron chi connectivity index (χ2n) is 5.30. The first-order valence-electron chi connectivity index (χ1n) is 7.53. The minimum atomic E-state index is -3.61. The Balaban J connectivity index is 1.93. The van der Waals surface area contributed by atoms with Crippen molar-refractivity contribution in [3.05, 3.63) is 53.0 Å². The molecule has 0 amide bonds. The van der Waals surface area contributed by atoms with Gasteiger partial charge in [0.25, 0.3) is 0 Å². The molecule has 0 spiro atoms. The van der Waals surface area contributed by atoms with Crippen molar-refractivity contribution in [1.82, 2.24) is 4.72 Å². The van der Waals surface area contributed by atoms with E-state index in [9.17, 15) is 8.42 Å². The summed E-state index contributed by atoms with van der Waals surface area (Å²) in [5.41, 5.74) is 1.11. The van der Waals surface area contributed by atoms with Crippen molar-refractivity contribution in [2.24, 2.45) is 0 Å². The summed E-state index contributed by atoms with van der Waals surface area (Å²) in [5, 5.41) is 0. The second-order valence-corrected chi connectivity index (χ2v) is 7.95. The molecule has 24 heavy (non-hydrogen) atoms.